The Bertz CT molecular complexity index is 945. The van der Waals surface area contributed by atoms with Gasteiger partial charge in [0.1, 0.15) is 6.33 Å². The summed E-state index contributed by atoms with van der Waals surface area (Å²) in [6, 6.07) is 6.16. The van der Waals surface area contributed by atoms with Crippen LogP contribution in [0.5, 0.6) is 0 Å². The molecule has 5 nitrogen and oxygen atoms in total. The van der Waals surface area contributed by atoms with Gasteiger partial charge in [-0.2, -0.15) is 0 Å². The minimum atomic E-state index is -2.89. The molecular weight excluding hydrogens is 405 g/mol. The van der Waals surface area contributed by atoms with E-state index < -0.39 is 11.7 Å². The molecule has 0 spiro atoms. The second-order valence-electron chi connectivity index (χ2n) is 8.70. The largest absolute Gasteiger partial charge is 0.347 e. The highest BCUT2D eigenvalue weighted by Crippen LogP contribution is 2.38. The van der Waals surface area contributed by atoms with Crippen LogP contribution >= 0.6 is 0 Å². The van der Waals surface area contributed by atoms with E-state index in [9.17, 15) is 13.6 Å². The Morgan fingerprint density at radius 3 is 2.58 bits per heavy atom. The third-order valence-corrected chi connectivity index (χ3v) is 6.38. The fraction of sp³-hybridized carbons (Fsp3) is 0.522. The number of alkyl halides is 2. The molecule has 166 valence electrons. The van der Waals surface area contributed by atoms with E-state index in [0.717, 1.165) is 25.3 Å². The predicted octanol–water partition coefficient (Wildman–Crippen LogP) is 4.48. The zero-order valence-corrected chi connectivity index (χ0v) is 17.8. The smallest absolute Gasteiger partial charge is 0.270 e. The van der Waals surface area contributed by atoms with Crippen LogP contribution in [0, 0.1) is 11.7 Å². The monoisotopic (exact) mass is 432 g/mol. The third-order valence-electron chi connectivity index (χ3n) is 6.38. The summed E-state index contributed by atoms with van der Waals surface area (Å²) in [4.78, 5) is 23.7. The first-order chi connectivity index (χ1) is 14.7. The van der Waals surface area contributed by atoms with Crippen LogP contribution in [-0.2, 0) is 17.1 Å². The molecule has 1 aromatic carbocycles. The number of carbonyl (C=O) groups is 1. The Morgan fingerprint density at radius 2 is 1.94 bits per heavy atom. The van der Waals surface area contributed by atoms with Crippen molar-refractivity contribution in [3.05, 3.63) is 53.2 Å². The van der Waals surface area contributed by atoms with E-state index in [1.165, 1.54) is 18.5 Å². The normalized spacial score (nSPS) is 21.9. The third kappa shape index (κ3) is 4.52. The van der Waals surface area contributed by atoms with E-state index >= 15 is 4.39 Å². The Morgan fingerprint density at radius 1 is 1.19 bits per heavy atom. The van der Waals surface area contributed by atoms with Crippen LogP contribution in [0.1, 0.15) is 55.5 Å². The van der Waals surface area contributed by atoms with Gasteiger partial charge in [0.05, 0.1) is 11.7 Å². The number of nitrogens with zero attached hydrogens (tertiary/aromatic N) is 4. The molecule has 2 atom stereocenters. The number of hydrogen-bond acceptors (Lipinski definition) is 4. The molecule has 0 N–H and O–H groups in total. The maximum absolute atomic E-state index is 15.3. The van der Waals surface area contributed by atoms with Crippen LogP contribution < -0.4 is 4.90 Å². The van der Waals surface area contributed by atoms with Crippen LogP contribution in [0.2, 0.25) is 0 Å². The number of amides is 1. The van der Waals surface area contributed by atoms with Crippen molar-refractivity contribution in [3.63, 3.8) is 0 Å². The van der Waals surface area contributed by atoms with Crippen LogP contribution in [0.3, 0.4) is 0 Å². The van der Waals surface area contributed by atoms with Crippen LogP contribution in [0.25, 0.3) is 0 Å². The summed E-state index contributed by atoms with van der Waals surface area (Å²) < 4.78 is 42.4. The van der Waals surface area contributed by atoms with E-state index in [-0.39, 0.29) is 29.2 Å². The minimum absolute atomic E-state index is 0.0349. The van der Waals surface area contributed by atoms with Gasteiger partial charge in [-0.05, 0) is 37.2 Å². The highest BCUT2D eigenvalue weighted by atomic mass is 19.3. The number of hydrogen-bond donors (Lipinski definition) is 0. The lowest BCUT2D eigenvalue weighted by molar-refractivity contribution is -0.126. The fourth-order valence-corrected chi connectivity index (χ4v) is 4.63. The first-order valence-electron chi connectivity index (χ1n) is 10.7. The summed E-state index contributed by atoms with van der Waals surface area (Å²) in [6.07, 6.45) is 4.70. The van der Waals surface area contributed by atoms with Crippen LogP contribution in [-0.4, -0.2) is 40.9 Å². The standard InChI is InChI=1S/C23H27F3N4O/c1-23(25,26)17-8-6-16(7-9-17)19-4-3-11-30(19)22-21(24)18(27-14-28-22)10-5-15-12-20(31)29(2)13-15/h6-9,14-15,19H,3-5,10-13H2,1-2H3. The zero-order valence-electron chi connectivity index (χ0n) is 17.8. The van der Waals surface area contributed by atoms with Gasteiger partial charge in [-0.1, -0.05) is 24.3 Å². The number of aromatic nitrogens is 2. The first-order valence-corrected chi connectivity index (χ1v) is 10.7. The molecule has 8 heteroatoms. The van der Waals surface area contributed by atoms with Crippen molar-refractivity contribution in [1.29, 1.82) is 0 Å². The minimum Gasteiger partial charge on any atom is -0.347 e. The van der Waals surface area contributed by atoms with Gasteiger partial charge in [0, 0.05) is 39.0 Å². The summed E-state index contributed by atoms with van der Waals surface area (Å²) in [6.45, 7) is 2.21. The van der Waals surface area contributed by atoms with Crippen molar-refractivity contribution in [1.82, 2.24) is 14.9 Å². The number of carbonyl (C=O) groups excluding carboxylic acids is 1. The van der Waals surface area contributed by atoms with E-state index in [1.54, 1.807) is 24.1 Å². The molecule has 2 fully saturated rings. The fourth-order valence-electron chi connectivity index (χ4n) is 4.63. The predicted molar refractivity (Wildman–Crippen MR) is 111 cm³/mol. The topological polar surface area (TPSA) is 49.3 Å². The molecule has 2 aliphatic heterocycles. The van der Waals surface area contributed by atoms with Gasteiger partial charge in [-0.15, -0.1) is 0 Å². The second kappa shape index (κ2) is 8.48. The van der Waals surface area contributed by atoms with Crippen molar-refractivity contribution in [2.24, 2.45) is 5.92 Å². The number of likely N-dealkylation sites (tertiary alicyclic amines) is 1. The maximum atomic E-state index is 15.3. The molecule has 0 radical (unpaired) electrons. The van der Waals surface area contributed by atoms with Crippen LogP contribution in [0.15, 0.2) is 30.6 Å². The van der Waals surface area contributed by atoms with Gasteiger partial charge >= 0.3 is 0 Å². The second-order valence-corrected chi connectivity index (χ2v) is 8.70. The molecule has 2 aromatic rings. The number of rotatable bonds is 6. The molecule has 2 unspecified atom stereocenters. The number of anilines is 1. The number of halogens is 3. The summed E-state index contributed by atoms with van der Waals surface area (Å²) in [5, 5.41) is 0. The Labute approximate surface area is 180 Å². The van der Waals surface area contributed by atoms with E-state index in [4.69, 9.17) is 0 Å². The average Bonchev–Trinajstić information content (AvgIpc) is 3.33. The lowest BCUT2D eigenvalue weighted by atomic mass is 10.00. The quantitative estimate of drug-likeness (QED) is 0.675. The van der Waals surface area contributed by atoms with Gasteiger partial charge in [0.15, 0.2) is 11.6 Å². The molecule has 2 aliphatic rings. The molecule has 0 bridgehead atoms. The summed E-state index contributed by atoms with van der Waals surface area (Å²) in [7, 11) is 1.79. The number of aryl methyl sites for hydroxylation is 1. The molecule has 1 aromatic heterocycles. The van der Waals surface area contributed by atoms with Gasteiger partial charge in [0.2, 0.25) is 5.91 Å². The molecule has 2 saturated heterocycles. The zero-order chi connectivity index (χ0) is 22.2. The van der Waals surface area contributed by atoms with Gasteiger partial charge < -0.3 is 9.80 Å². The van der Waals surface area contributed by atoms with Gasteiger partial charge in [0.25, 0.3) is 5.92 Å². The SMILES string of the molecule is CN1CC(CCc2ncnc(N3CCCC3c3ccc(C(C)(F)F)cc3)c2F)CC1=O. The Hall–Kier alpha value is -2.64. The van der Waals surface area contributed by atoms with Crippen molar-refractivity contribution in [2.75, 3.05) is 25.0 Å². The van der Waals surface area contributed by atoms with Crippen LogP contribution in [0.4, 0.5) is 19.0 Å². The molecule has 1 amide bonds. The summed E-state index contributed by atoms with van der Waals surface area (Å²) >= 11 is 0. The molecular formula is C23H27F3N4O. The van der Waals surface area contributed by atoms with Crippen molar-refractivity contribution in [3.8, 4) is 0 Å². The summed E-state index contributed by atoms with van der Waals surface area (Å²) in [5.74, 6) is -2.72. The Kier molecular flexibility index (Phi) is 5.90. The maximum Gasteiger partial charge on any atom is 0.270 e. The van der Waals surface area contributed by atoms with E-state index in [2.05, 4.69) is 9.97 Å². The van der Waals surface area contributed by atoms with Gasteiger partial charge in [-0.3, -0.25) is 4.79 Å². The Balaban J connectivity index is 1.50. The van der Waals surface area contributed by atoms with Crippen molar-refractivity contribution in [2.45, 2.75) is 51.0 Å². The average molecular weight is 432 g/mol. The lowest BCUT2D eigenvalue weighted by Crippen LogP contribution is -2.25. The number of benzene rings is 1. The molecule has 0 aliphatic carbocycles. The van der Waals surface area contributed by atoms with E-state index in [0.29, 0.717) is 38.0 Å². The highest BCUT2D eigenvalue weighted by Gasteiger charge is 2.32. The molecule has 4 rings (SSSR count). The van der Waals surface area contributed by atoms with Gasteiger partial charge in [-0.25, -0.2) is 23.1 Å². The van der Waals surface area contributed by atoms with Crippen molar-refractivity contribution < 1.29 is 18.0 Å². The van der Waals surface area contributed by atoms with Crippen molar-refractivity contribution >= 4 is 11.7 Å². The van der Waals surface area contributed by atoms with E-state index in [1.807, 2.05) is 4.90 Å². The first kappa shape index (κ1) is 21.6. The summed E-state index contributed by atoms with van der Waals surface area (Å²) in [5.41, 5.74) is 1.20. The molecule has 31 heavy (non-hydrogen) atoms. The highest BCUT2D eigenvalue weighted by molar-refractivity contribution is 5.78. The molecule has 0 saturated carbocycles. The molecule has 3 heterocycles. The lowest BCUT2D eigenvalue weighted by Gasteiger charge is -2.27.